The summed E-state index contributed by atoms with van der Waals surface area (Å²) < 4.78 is 29.7. The highest BCUT2D eigenvalue weighted by molar-refractivity contribution is 7.87. The Bertz CT molecular complexity index is 587. The Hall–Kier alpha value is -0.920. The summed E-state index contributed by atoms with van der Waals surface area (Å²) >= 11 is 0. The van der Waals surface area contributed by atoms with Gasteiger partial charge in [0.15, 0.2) is 0 Å². The summed E-state index contributed by atoms with van der Waals surface area (Å²) in [5, 5.41) is 0. The van der Waals surface area contributed by atoms with Crippen LogP contribution in [0, 0.1) is 0 Å². The van der Waals surface area contributed by atoms with Gasteiger partial charge in [-0.15, -0.1) is 0 Å². The number of fused-ring (bicyclic) bond motifs is 1. The van der Waals surface area contributed by atoms with E-state index in [9.17, 15) is 8.42 Å². The number of amidine groups is 1. The number of nitrogens with zero attached hydrogens (tertiary/aromatic N) is 2. The molecule has 0 aromatic rings. The van der Waals surface area contributed by atoms with Crippen LogP contribution in [0.3, 0.4) is 0 Å². The molecule has 0 radical (unpaired) electrons. The van der Waals surface area contributed by atoms with Gasteiger partial charge < -0.3 is 4.90 Å². The maximum Gasteiger partial charge on any atom is 0.277 e. The second-order valence-electron chi connectivity index (χ2n) is 6.97. The average Bonchev–Trinajstić information content (AvgIpc) is 2.66. The van der Waals surface area contributed by atoms with Gasteiger partial charge in [-0.3, -0.25) is 4.99 Å². The Labute approximate surface area is 127 Å². The van der Waals surface area contributed by atoms with E-state index in [0.717, 1.165) is 5.84 Å². The van der Waals surface area contributed by atoms with Crippen molar-refractivity contribution in [2.45, 2.75) is 65.6 Å². The lowest BCUT2D eigenvalue weighted by molar-refractivity contribution is 0.469. The minimum atomic E-state index is -3.50. The molecule has 2 unspecified atom stereocenters. The fourth-order valence-corrected chi connectivity index (χ4v) is 4.32. The molecule has 120 valence electrons. The smallest absolute Gasteiger partial charge is 0.277 e. The molecule has 2 atom stereocenters. The number of aliphatic imine (C=N–C) groups is 1. The molecule has 0 amide bonds. The predicted molar refractivity (Wildman–Crippen MR) is 85.3 cm³/mol. The maximum absolute atomic E-state index is 12.1. The first-order valence-electron chi connectivity index (χ1n) is 7.31. The van der Waals surface area contributed by atoms with Gasteiger partial charge in [-0.1, -0.05) is 0 Å². The van der Waals surface area contributed by atoms with Crippen LogP contribution in [0.4, 0.5) is 0 Å². The highest BCUT2D eigenvalue weighted by Crippen LogP contribution is 2.31. The maximum atomic E-state index is 12.1. The zero-order valence-electron chi connectivity index (χ0n) is 13.7. The first-order valence-corrected chi connectivity index (χ1v) is 8.79. The van der Waals surface area contributed by atoms with Gasteiger partial charge in [0, 0.05) is 30.2 Å². The van der Waals surface area contributed by atoms with E-state index in [1.807, 2.05) is 27.7 Å². The Morgan fingerprint density at radius 2 is 1.90 bits per heavy atom. The van der Waals surface area contributed by atoms with E-state index >= 15 is 0 Å². The van der Waals surface area contributed by atoms with Gasteiger partial charge in [0.2, 0.25) is 0 Å². The number of nitrogens with one attached hydrogen (secondary N) is 2. The van der Waals surface area contributed by atoms with Crippen LogP contribution in [0.2, 0.25) is 0 Å². The molecule has 0 saturated carbocycles. The fraction of sp³-hybridized carbons (Fsp3) is 0.786. The molecule has 2 aliphatic heterocycles. The van der Waals surface area contributed by atoms with Gasteiger partial charge in [0.25, 0.3) is 10.2 Å². The highest BCUT2D eigenvalue weighted by atomic mass is 32.2. The summed E-state index contributed by atoms with van der Waals surface area (Å²) in [6.07, 6.45) is 0.716. The van der Waals surface area contributed by atoms with Crippen molar-refractivity contribution < 1.29 is 8.42 Å². The Morgan fingerprint density at radius 3 is 2.48 bits per heavy atom. The zero-order chi connectivity index (χ0) is 16.0. The summed E-state index contributed by atoms with van der Waals surface area (Å²) in [6.45, 7) is 12.3. The fourth-order valence-electron chi connectivity index (χ4n) is 2.86. The molecule has 2 heterocycles. The summed E-state index contributed by atoms with van der Waals surface area (Å²) in [5.74, 6) is 0.966. The third kappa shape index (κ3) is 3.84. The van der Waals surface area contributed by atoms with Crippen LogP contribution in [-0.4, -0.2) is 43.3 Å². The van der Waals surface area contributed by atoms with Crippen molar-refractivity contribution in [3.05, 3.63) is 11.3 Å². The molecular weight excluding hydrogens is 288 g/mol. The zero-order valence-corrected chi connectivity index (χ0v) is 14.5. The lowest BCUT2D eigenvalue weighted by Crippen LogP contribution is -2.50. The lowest BCUT2D eigenvalue weighted by Gasteiger charge is -2.28. The standard InChI is InChI=1S/C14H26N4O2S/c1-9-10(2)15-11(3)18-8-12(7-13(9)18)16-21(19,20)17-14(4,5)6/h10,12,16-17H,7-8H2,1-6H3. The monoisotopic (exact) mass is 314 g/mol. The van der Waals surface area contributed by atoms with Crippen LogP contribution in [0.25, 0.3) is 0 Å². The SMILES string of the molecule is CC1=NC(C)C(C)=C2CC(NS(=O)(=O)NC(C)(C)C)CN12. The van der Waals surface area contributed by atoms with Crippen LogP contribution < -0.4 is 9.44 Å². The Balaban J connectivity index is 2.12. The topological polar surface area (TPSA) is 73.8 Å². The van der Waals surface area contributed by atoms with Crippen molar-refractivity contribution >= 4 is 16.0 Å². The van der Waals surface area contributed by atoms with E-state index in [4.69, 9.17) is 0 Å². The van der Waals surface area contributed by atoms with Crippen molar-refractivity contribution in [1.29, 1.82) is 0 Å². The van der Waals surface area contributed by atoms with Crippen molar-refractivity contribution in [2.24, 2.45) is 4.99 Å². The number of hydrogen-bond acceptors (Lipinski definition) is 4. The van der Waals surface area contributed by atoms with E-state index in [1.165, 1.54) is 11.3 Å². The van der Waals surface area contributed by atoms with Gasteiger partial charge >= 0.3 is 0 Å². The molecular formula is C14H26N4O2S. The molecule has 0 aromatic heterocycles. The molecule has 0 spiro atoms. The highest BCUT2D eigenvalue weighted by Gasteiger charge is 2.35. The Kier molecular flexibility index (Phi) is 4.21. The lowest BCUT2D eigenvalue weighted by atomic mass is 10.0. The normalized spacial score (nSPS) is 27.0. The van der Waals surface area contributed by atoms with Crippen molar-refractivity contribution in [2.75, 3.05) is 6.54 Å². The predicted octanol–water partition coefficient (Wildman–Crippen LogP) is 1.38. The van der Waals surface area contributed by atoms with Crippen LogP contribution in [0.1, 0.15) is 48.0 Å². The van der Waals surface area contributed by atoms with E-state index in [2.05, 4.69) is 33.2 Å². The second-order valence-corrected chi connectivity index (χ2v) is 8.41. The van der Waals surface area contributed by atoms with E-state index in [-0.39, 0.29) is 12.1 Å². The third-order valence-corrected chi connectivity index (χ3v) is 5.31. The minimum absolute atomic E-state index is 0.120. The van der Waals surface area contributed by atoms with Gasteiger partial charge in [0.05, 0.1) is 6.04 Å². The summed E-state index contributed by atoms with van der Waals surface area (Å²) in [7, 11) is -3.50. The average molecular weight is 314 g/mol. The first kappa shape index (κ1) is 16.5. The first-order chi connectivity index (χ1) is 9.48. The van der Waals surface area contributed by atoms with Gasteiger partial charge in [-0.25, -0.2) is 0 Å². The van der Waals surface area contributed by atoms with Crippen molar-refractivity contribution in [1.82, 2.24) is 14.3 Å². The van der Waals surface area contributed by atoms with Crippen molar-refractivity contribution in [3.8, 4) is 0 Å². The Morgan fingerprint density at radius 1 is 1.29 bits per heavy atom. The molecule has 2 N–H and O–H groups in total. The van der Waals surface area contributed by atoms with Gasteiger partial charge in [-0.2, -0.15) is 17.9 Å². The van der Waals surface area contributed by atoms with Crippen LogP contribution in [0.5, 0.6) is 0 Å². The van der Waals surface area contributed by atoms with Crippen molar-refractivity contribution in [3.63, 3.8) is 0 Å². The molecule has 2 rings (SSSR count). The molecule has 7 heteroatoms. The summed E-state index contributed by atoms with van der Waals surface area (Å²) in [4.78, 5) is 6.71. The van der Waals surface area contributed by atoms with E-state index in [0.29, 0.717) is 13.0 Å². The molecule has 1 fully saturated rings. The number of rotatable bonds is 3. The van der Waals surface area contributed by atoms with Gasteiger partial charge in [-0.05, 0) is 47.1 Å². The molecule has 0 bridgehead atoms. The van der Waals surface area contributed by atoms with Gasteiger partial charge in [0.1, 0.15) is 5.84 Å². The summed E-state index contributed by atoms with van der Waals surface area (Å²) in [6, 6.07) is 0.0598. The molecule has 2 aliphatic rings. The molecule has 0 aromatic carbocycles. The second kappa shape index (κ2) is 5.37. The number of hydrogen-bond donors (Lipinski definition) is 2. The molecule has 0 aliphatic carbocycles. The largest absolute Gasteiger partial charge is 0.332 e. The minimum Gasteiger partial charge on any atom is -0.332 e. The van der Waals surface area contributed by atoms with E-state index < -0.39 is 15.7 Å². The molecule has 6 nitrogen and oxygen atoms in total. The quantitative estimate of drug-likeness (QED) is 0.826. The van der Waals surface area contributed by atoms with Crippen LogP contribution in [0.15, 0.2) is 16.3 Å². The third-order valence-electron chi connectivity index (χ3n) is 3.78. The van der Waals surface area contributed by atoms with Crippen LogP contribution >= 0.6 is 0 Å². The van der Waals surface area contributed by atoms with E-state index in [1.54, 1.807) is 0 Å². The molecule has 21 heavy (non-hydrogen) atoms. The van der Waals surface area contributed by atoms with Crippen LogP contribution in [-0.2, 0) is 10.2 Å². The summed E-state index contributed by atoms with van der Waals surface area (Å²) in [5.41, 5.74) is 1.95. The molecule has 1 saturated heterocycles.